The fourth-order valence-corrected chi connectivity index (χ4v) is 5.46. The second kappa shape index (κ2) is 8.46. The predicted molar refractivity (Wildman–Crippen MR) is 135 cm³/mol. The third-order valence-electron chi connectivity index (χ3n) is 6.55. The molecule has 0 unspecified atom stereocenters. The molecule has 1 atom stereocenters. The maximum atomic E-state index is 13.8. The number of thiazole rings is 1. The Morgan fingerprint density at radius 1 is 1.11 bits per heavy atom. The standard InChI is InChI=1S/C27H24N2O5S/c1-6-16-7-9-17(10-8-16)21-20-22(30)18-11-13(2)14(3)12-19(18)34-23(20)25(31)29(21)27-28-15(4)24(35-27)26(32)33-5/h7-12,21H,6H2,1-5H3/t21-/m1/s1. The van der Waals surface area contributed by atoms with Gasteiger partial charge in [-0.3, -0.25) is 14.5 Å². The van der Waals surface area contributed by atoms with Crippen LogP contribution in [0.4, 0.5) is 5.13 Å². The molecular weight excluding hydrogens is 464 g/mol. The number of amides is 1. The fourth-order valence-electron chi connectivity index (χ4n) is 4.44. The van der Waals surface area contributed by atoms with E-state index in [1.807, 2.05) is 44.2 Å². The Hall–Kier alpha value is -3.78. The van der Waals surface area contributed by atoms with Crippen molar-refractivity contribution in [3.05, 3.63) is 90.8 Å². The van der Waals surface area contributed by atoms with Crippen molar-refractivity contribution in [2.24, 2.45) is 0 Å². The van der Waals surface area contributed by atoms with E-state index in [0.29, 0.717) is 26.7 Å². The van der Waals surface area contributed by atoms with Crippen molar-refractivity contribution in [2.75, 3.05) is 12.0 Å². The van der Waals surface area contributed by atoms with Crippen LogP contribution < -0.4 is 10.3 Å². The normalized spacial score (nSPS) is 15.1. The Balaban J connectivity index is 1.78. The molecule has 0 aliphatic carbocycles. The molecule has 0 N–H and O–H groups in total. The first-order valence-corrected chi connectivity index (χ1v) is 12.1. The van der Waals surface area contributed by atoms with Gasteiger partial charge in [0.2, 0.25) is 5.76 Å². The highest BCUT2D eigenvalue weighted by Crippen LogP contribution is 2.43. The third kappa shape index (κ3) is 3.56. The Morgan fingerprint density at radius 2 is 1.80 bits per heavy atom. The molecule has 3 heterocycles. The lowest BCUT2D eigenvalue weighted by Gasteiger charge is -2.22. The number of nitrogens with zero attached hydrogens (tertiary/aromatic N) is 2. The number of hydrogen-bond acceptors (Lipinski definition) is 7. The third-order valence-corrected chi connectivity index (χ3v) is 7.69. The fraction of sp³-hybridized carbons (Fsp3) is 0.259. The molecule has 4 aromatic rings. The zero-order chi connectivity index (χ0) is 25.0. The molecule has 0 saturated heterocycles. The highest BCUT2D eigenvalue weighted by atomic mass is 32.1. The minimum atomic E-state index is -0.735. The molecule has 1 aliphatic heterocycles. The second-order valence-electron chi connectivity index (χ2n) is 8.68. The van der Waals surface area contributed by atoms with Gasteiger partial charge in [0, 0.05) is 0 Å². The molecule has 178 valence electrons. The Labute approximate surface area is 206 Å². The Morgan fingerprint density at radius 3 is 2.46 bits per heavy atom. The summed E-state index contributed by atoms with van der Waals surface area (Å²) in [5.41, 5.74) is 4.69. The molecule has 2 aromatic carbocycles. The number of anilines is 1. The molecule has 1 amide bonds. The van der Waals surface area contributed by atoms with Gasteiger partial charge in [-0.25, -0.2) is 9.78 Å². The van der Waals surface area contributed by atoms with E-state index in [2.05, 4.69) is 11.9 Å². The number of rotatable bonds is 4. The van der Waals surface area contributed by atoms with Crippen molar-refractivity contribution in [3.63, 3.8) is 0 Å². The molecule has 1 aliphatic rings. The summed E-state index contributed by atoms with van der Waals surface area (Å²) in [5, 5.41) is 0.738. The van der Waals surface area contributed by atoms with E-state index in [0.717, 1.165) is 40.0 Å². The summed E-state index contributed by atoms with van der Waals surface area (Å²) in [7, 11) is 1.30. The van der Waals surface area contributed by atoms with Crippen LogP contribution in [-0.4, -0.2) is 24.0 Å². The van der Waals surface area contributed by atoms with Crippen LogP contribution in [0.5, 0.6) is 0 Å². The highest BCUT2D eigenvalue weighted by Gasteiger charge is 2.45. The van der Waals surface area contributed by atoms with Crippen LogP contribution in [0, 0.1) is 20.8 Å². The van der Waals surface area contributed by atoms with Crippen LogP contribution in [0.25, 0.3) is 11.0 Å². The summed E-state index contributed by atoms with van der Waals surface area (Å²) < 4.78 is 11.0. The molecule has 0 bridgehead atoms. The number of ether oxygens (including phenoxy) is 1. The quantitative estimate of drug-likeness (QED) is 0.364. The molecule has 8 heteroatoms. The van der Waals surface area contributed by atoms with Crippen molar-refractivity contribution < 1.29 is 18.7 Å². The van der Waals surface area contributed by atoms with Gasteiger partial charge in [0.05, 0.1) is 29.8 Å². The molecule has 0 fully saturated rings. The van der Waals surface area contributed by atoms with Crippen molar-refractivity contribution >= 4 is 39.3 Å². The van der Waals surface area contributed by atoms with Gasteiger partial charge in [-0.05, 0) is 61.6 Å². The molecular formula is C27H24N2O5S. The van der Waals surface area contributed by atoms with Gasteiger partial charge in [0.1, 0.15) is 10.5 Å². The summed E-state index contributed by atoms with van der Waals surface area (Å²) in [6.45, 7) is 7.62. The van der Waals surface area contributed by atoms with Gasteiger partial charge in [-0.1, -0.05) is 42.5 Å². The largest absolute Gasteiger partial charge is 0.465 e. The van der Waals surface area contributed by atoms with E-state index in [1.54, 1.807) is 13.0 Å². The average Bonchev–Trinajstić information content (AvgIpc) is 3.37. The van der Waals surface area contributed by atoms with Gasteiger partial charge in [0.15, 0.2) is 10.6 Å². The average molecular weight is 489 g/mol. The first kappa shape index (κ1) is 23.0. The van der Waals surface area contributed by atoms with E-state index in [9.17, 15) is 14.4 Å². The van der Waals surface area contributed by atoms with Gasteiger partial charge in [0.25, 0.3) is 5.91 Å². The van der Waals surface area contributed by atoms with Crippen LogP contribution in [0.3, 0.4) is 0 Å². The number of carbonyl (C=O) groups is 2. The summed E-state index contributed by atoms with van der Waals surface area (Å²) in [6, 6.07) is 10.7. The summed E-state index contributed by atoms with van der Waals surface area (Å²) in [5.74, 6) is -0.986. The number of carbonyl (C=O) groups excluding carboxylic acids is 2. The van der Waals surface area contributed by atoms with Gasteiger partial charge >= 0.3 is 5.97 Å². The van der Waals surface area contributed by atoms with E-state index in [4.69, 9.17) is 9.15 Å². The van der Waals surface area contributed by atoms with Crippen LogP contribution in [0.1, 0.15) is 66.7 Å². The zero-order valence-electron chi connectivity index (χ0n) is 20.1. The zero-order valence-corrected chi connectivity index (χ0v) is 20.9. The van der Waals surface area contributed by atoms with Crippen LogP contribution in [0.15, 0.2) is 45.6 Å². The lowest BCUT2D eigenvalue weighted by molar-refractivity contribution is 0.0605. The lowest BCUT2D eigenvalue weighted by atomic mass is 9.96. The number of esters is 1. The maximum Gasteiger partial charge on any atom is 0.350 e. The summed E-state index contributed by atoms with van der Waals surface area (Å²) in [6.07, 6.45) is 0.865. The topological polar surface area (TPSA) is 89.7 Å². The molecule has 2 aromatic heterocycles. The predicted octanol–water partition coefficient (Wildman–Crippen LogP) is 5.27. The van der Waals surface area contributed by atoms with Gasteiger partial charge < -0.3 is 9.15 Å². The molecule has 0 radical (unpaired) electrons. The number of fused-ring (bicyclic) bond motifs is 2. The molecule has 7 nitrogen and oxygen atoms in total. The smallest absolute Gasteiger partial charge is 0.350 e. The molecule has 0 saturated carbocycles. The monoisotopic (exact) mass is 488 g/mol. The molecule has 35 heavy (non-hydrogen) atoms. The highest BCUT2D eigenvalue weighted by molar-refractivity contribution is 7.17. The SMILES string of the molecule is CCc1ccc([C@@H]2c3c(oc4cc(C)c(C)cc4c3=O)C(=O)N2c2nc(C)c(C(=O)OC)s2)cc1. The number of hydrogen-bond donors (Lipinski definition) is 0. The van der Waals surface area contributed by atoms with Crippen molar-refractivity contribution in [2.45, 2.75) is 40.2 Å². The Kier molecular flexibility index (Phi) is 5.56. The number of aryl methyl sites for hydroxylation is 4. The van der Waals surface area contributed by atoms with Crippen LogP contribution in [-0.2, 0) is 11.2 Å². The van der Waals surface area contributed by atoms with Gasteiger partial charge in [-0.15, -0.1) is 0 Å². The van der Waals surface area contributed by atoms with Crippen molar-refractivity contribution in [1.82, 2.24) is 4.98 Å². The number of aromatic nitrogens is 1. The van der Waals surface area contributed by atoms with Crippen molar-refractivity contribution in [3.8, 4) is 0 Å². The van der Waals surface area contributed by atoms with Crippen molar-refractivity contribution in [1.29, 1.82) is 0 Å². The van der Waals surface area contributed by atoms with E-state index in [1.165, 1.54) is 12.0 Å². The molecule has 0 spiro atoms. The minimum absolute atomic E-state index is 0.00259. The lowest BCUT2D eigenvalue weighted by Crippen LogP contribution is -2.29. The van der Waals surface area contributed by atoms with Crippen LogP contribution in [0.2, 0.25) is 0 Å². The van der Waals surface area contributed by atoms with E-state index in [-0.39, 0.29) is 16.8 Å². The molecule has 5 rings (SSSR count). The second-order valence-corrected chi connectivity index (χ2v) is 9.66. The summed E-state index contributed by atoms with van der Waals surface area (Å²) in [4.78, 5) is 46.1. The van der Waals surface area contributed by atoms with E-state index >= 15 is 0 Å². The first-order chi connectivity index (χ1) is 16.7. The first-order valence-electron chi connectivity index (χ1n) is 11.3. The number of benzene rings is 2. The number of methoxy groups -OCH3 is 1. The van der Waals surface area contributed by atoms with Gasteiger partial charge in [-0.2, -0.15) is 0 Å². The maximum absolute atomic E-state index is 13.8. The van der Waals surface area contributed by atoms with Crippen LogP contribution >= 0.6 is 11.3 Å². The van der Waals surface area contributed by atoms with E-state index < -0.39 is 17.9 Å². The summed E-state index contributed by atoms with van der Waals surface area (Å²) >= 11 is 1.06. The minimum Gasteiger partial charge on any atom is -0.465 e. The Bertz CT molecular complexity index is 1570.